The number of thiocarbonyl (C=S) groups is 1. The summed E-state index contributed by atoms with van der Waals surface area (Å²) in [5.74, 6) is 0.0623. The number of halogens is 3. The molecule has 2 saturated heterocycles. The highest BCUT2D eigenvalue weighted by atomic mass is 32.1. The molecule has 0 atom stereocenters. The molecule has 13 heteroatoms. The van der Waals surface area contributed by atoms with E-state index in [1.165, 1.54) is 6.07 Å². The van der Waals surface area contributed by atoms with Gasteiger partial charge >= 0.3 is 6.18 Å². The lowest BCUT2D eigenvalue weighted by atomic mass is 9.75. The topological polar surface area (TPSA) is 109 Å². The van der Waals surface area contributed by atoms with Gasteiger partial charge in [-0.3, -0.25) is 19.6 Å². The predicted molar refractivity (Wildman–Crippen MR) is 148 cm³/mol. The van der Waals surface area contributed by atoms with E-state index < -0.39 is 28.9 Å². The number of H-pyrrole nitrogens is 1. The molecule has 2 aromatic heterocycles. The number of carbonyl (C=O) groups is 2. The van der Waals surface area contributed by atoms with Crippen molar-refractivity contribution in [2.75, 3.05) is 22.9 Å². The molecule has 2 aliphatic heterocycles. The van der Waals surface area contributed by atoms with Crippen LogP contribution in [0.5, 0.6) is 0 Å². The minimum Gasteiger partial charge on any atom is -0.343 e. The Morgan fingerprint density at radius 1 is 1.22 bits per heavy atom. The molecule has 212 valence electrons. The van der Waals surface area contributed by atoms with Gasteiger partial charge in [0.2, 0.25) is 5.91 Å². The summed E-state index contributed by atoms with van der Waals surface area (Å²) in [6.45, 7) is 3.03. The molecule has 0 radical (unpaired) electrons. The average Bonchev–Trinajstić information content (AvgIpc) is 3.42. The first-order chi connectivity index (χ1) is 19.5. The number of pyridine rings is 1. The lowest BCUT2D eigenvalue weighted by molar-refractivity contribution is -0.138. The maximum absolute atomic E-state index is 13.8. The number of aromatic amines is 1. The summed E-state index contributed by atoms with van der Waals surface area (Å²) in [5.41, 5.74) is -0.740. The number of likely N-dealkylation sites (tertiary alicyclic amines) is 1. The first-order valence-electron chi connectivity index (χ1n) is 13.4. The third-order valence-corrected chi connectivity index (χ3v) is 8.93. The van der Waals surface area contributed by atoms with Crippen LogP contribution in [-0.4, -0.2) is 55.6 Å². The molecule has 0 unspecified atom stereocenters. The molecule has 3 fully saturated rings. The number of aromatic nitrogens is 3. The third-order valence-electron chi connectivity index (χ3n) is 8.56. The van der Waals surface area contributed by atoms with Crippen LogP contribution in [-0.2, 0) is 22.2 Å². The van der Waals surface area contributed by atoms with E-state index in [-0.39, 0.29) is 16.7 Å². The van der Waals surface area contributed by atoms with E-state index in [1.54, 1.807) is 11.8 Å². The Labute approximate surface area is 238 Å². The van der Waals surface area contributed by atoms with E-state index in [2.05, 4.69) is 15.2 Å². The molecular weight excluding hydrogens is 555 g/mol. The van der Waals surface area contributed by atoms with E-state index in [0.717, 1.165) is 72.5 Å². The van der Waals surface area contributed by atoms with Gasteiger partial charge in [0, 0.05) is 36.8 Å². The fourth-order valence-corrected chi connectivity index (χ4v) is 6.64. The molecule has 3 aromatic rings. The van der Waals surface area contributed by atoms with Gasteiger partial charge in [-0.25, -0.2) is 4.98 Å². The Bertz CT molecular complexity index is 1620. The van der Waals surface area contributed by atoms with Gasteiger partial charge in [-0.1, -0.05) is 0 Å². The molecule has 3 aliphatic rings. The number of carbonyl (C=O) groups excluding carboxylic acids is 2. The minimum absolute atomic E-state index is 0.0651. The normalized spacial score (nSPS) is 19.2. The van der Waals surface area contributed by atoms with Gasteiger partial charge in [-0.15, -0.1) is 0 Å². The van der Waals surface area contributed by atoms with Crippen LogP contribution in [0.2, 0.25) is 0 Å². The molecule has 0 bridgehead atoms. The van der Waals surface area contributed by atoms with Crippen LogP contribution in [0.25, 0.3) is 10.9 Å². The van der Waals surface area contributed by atoms with E-state index >= 15 is 0 Å². The van der Waals surface area contributed by atoms with Gasteiger partial charge < -0.3 is 9.80 Å². The summed E-state index contributed by atoms with van der Waals surface area (Å²) < 4.78 is 41.0. The Balaban J connectivity index is 1.33. The van der Waals surface area contributed by atoms with E-state index in [4.69, 9.17) is 17.5 Å². The summed E-state index contributed by atoms with van der Waals surface area (Å²) in [4.78, 5) is 33.9. The van der Waals surface area contributed by atoms with Gasteiger partial charge in [0.1, 0.15) is 11.6 Å². The zero-order chi connectivity index (χ0) is 29.1. The van der Waals surface area contributed by atoms with Crippen molar-refractivity contribution in [3.63, 3.8) is 0 Å². The first kappa shape index (κ1) is 27.1. The number of hydrogen-bond donors (Lipinski definition) is 1. The van der Waals surface area contributed by atoms with E-state index in [0.29, 0.717) is 24.4 Å². The number of amides is 2. The minimum atomic E-state index is -4.82. The number of fused-ring (bicyclic) bond motifs is 1. The fourth-order valence-electron chi connectivity index (χ4n) is 6.18. The third kappa shape index (κ3) is 4.41. The standard InChI is InChI=1S/C28H26F3N7O2S/c1-16(39)36-9-5-17(6-10-36)11-23-20-12-18(3-4-22(20)34-35-23)38-26(41)37(25(40)27(38)7-2-8-27)19-13-21(28(29,30)31)24(14-32)33-15-19/h3-4,12-13,15,17H,2,5-11H2,1H3,(H,34,35). The summed E-state index contributed by atoms with van der Waals surface area (Å²) in [6.07, 6.45) is 0.578. The predicted octanol–water partition coefficient (Wildman–Crippen LogP) is 4.71. The fraction of sp³-hybridized carbons (Fsp3) is 0.429. The zero-order valence-corrected chi connectivity index (χ0v) is 23.0. The number of hydrogen-bond acceptors (Lipinski definition) is 6. The Hall–Kier alpha value is -4.05. The van der Waals surface area contributed by atoms with Gasteiger partial charge in [0.05, 0.1) is 23.0 Å². The maximum Gasteiger partial charge on any atom is 0.419 e. The number of rotatable bonds is 4. The van der Waals surface area contributed by atoms with Gasteiger partial charge in [0.25, 0.3) is 5.91 Å². The lowest BCUT2D eigenvalue weighted by Crippen LogP contribution is -2.55. The largest absolute Gasteiger partial charge is 0.419 e. The average molecular weight is 582 g/mol. The Kier molecular flexibility index (Phi) is 6.48. The zero-order valence-electron chi connectivity index (χ0n) is 22.2. The van der Waals surface area contributed by atoms with Crippen molar-refractivity contribution in [3.8, 4) is 6.07 Å². The van der Waals surface area contributed by atoms with E-state index in [9.17, 15) is 22.8 Å². The molecule has 6 rings (SSSR count). The molecule has 1 N–H and O–H groups in total. The number of nitrogens with one attached hydrogen (secondary N) is 1. The highest BCUT2D eigenvalue weighted by Gasteiger charge is 2.59. The number of benzene rings is 1. The molecular formula is C28H26F3N7O2S. The summed E-state index contributed by atoms with van der Waals surface area (Å²) in [5, 5.41) is 17.7. The van der Waals surface area contributed by atoms with Crippen molar-refractivity contribution < 1.29 is 22.8 Å². The molecule has 1 aliphatic carbocycles. The van der Waals surface area contributed by atoms with Crippen LogP contribution in [0.1, 0.15) is 56.0 Å². The number of anilines is 2. The van der Waals surface area contributed by atoms with E-state index in [1.807, 2.05) is 23.1 Å². The summed E-state index contributed by atoms with van der Waals surface area (Å²) >= 11 is 5.75. The second-order valence-electron chi connectivity index (χ2n) is 10.9. The van der Waals surface area contributed by atoms with Crippen molar-refractivity contribution in [3.05, 3.63) is 47.4 Å². The van der Waals surface area contributed by atoms with Gasteiger partial charge in [-0.2, -0.15) is 23.5 Å². The van der Waals surface area contributed by atoms with Crippen molar-refractivity contribution in [2.45, 2.75) is 57.2 Å². The molecule has 1 aromatic carbocycles. The molecule has 9 nitrogen and oxygen atoms in total. The molecule has 4 heterocycles. The van der Waals surface area contributed by atoms with Crippen LogP contribution >= 0.6 is 12.2 Å². The van der Waals surface area contributed by atoms with Crippen LogP contribution in [0.4, 0.5) is 24.5 Å². The van der Waals surface area contributed by atoms with Crippen LogP contribution in [0.15, 0.2) is 30.5 Å². The monoisotopic (exact) mass is 581 g/mol. The van der Waals surface area contributed by atoms with Gasteiger partial charge in [0.15, 0.2) is 10.8 Å². The quantitative estimate of drug-likeness (QED) is 0.445. The highest BCUT2D eigenvalue weighted by Crippen LogP contribution is 2.48. The van der Waals surface area contributed by atoms with Crippen molar-refractivity contribution in [2.24, 2.45) is 5.92 Å². The number of alkyl halides is 3. The smallest absolute Gasteiger partial charge is 0.343 e. The second kappa shape index (κ2) is 9.80. The van der Waals surface area contributed by atoms with Crippen LogP contribution < -0.4 is 9.80 Å². The molecule has 1 spiro atoms. The first-order valence-corrected chi connectivity index (χ1v) is 13.8. The van der Waals surface area contributed by atoms with Gasteiger partial charge in [-0.05, 0) is 80.9 Å². The molecule has 1 saturated carbocycles. The number of nitrogens with zero attached hydrogens (tertiary/aromatic N) is 6. The molecule has 2 amide bonds. The van der Waals surface area contributed by atoms with Crippen molar-refractivity contribution in [1.29, 1.82) is 5.26 Å². The number of piperidine rings is 1. The lowest BCUT2D eigenvalue weighted by Gasteiger charge is -2.43. The summed E-state index contributed by atoms with van der Waals surface area (Å²) in [7, 11) is 0. The molecule has 41 heavy (non-hydrogen) atoms. The second-order valence-corrected chi connectivity index (χ2v) is 11.3. The Morgan fingerprint density at radius 3 is 2.56 bits per heavy atom. The summed E-state index contributed by atoms with van der Waals surface area (Å²) in [6, 6.07) is 7.82. The van der Waals surface area contributed by atoms with Crippen molar-refractivity contribution >= 4 is 51.4 Å². The van der Waals surface area contributed by atoms with Crippen LogP contribution in [0, 0.1) is 17.2 Å². The SMILES string of the molecule is CC(=O)N1CCC(Cc2[nH]nc3ccc(N4C(=S)N(c5cnc(C#N)c(C(F)(F)F)c5)C(=O)C45CCC5)cc23)CC1. The number of nitriles is 1. The van der Waals surface area contributed by atoms with Crippen molar-refractivity contribution in [1.82, 2.24) is 20.1 Å². The van der Waals surface area contributed by atoms with Crippen LogP contribution in [0.3, 0.4) is 0 Å². The maximum atomic E-state index is 13.8. The highest BCUT2D eigenvalue weighted by molar-refractivity contribution is 7.81. The Morgan fingerprint density at radius 2 is 1.95 bits per heavy atom.